The first-order valence-electron chi connectivity index (χ1n) is 7.30. The molecule has 0 bridgehead atoms. The van der Waals surface area contributed by atoms with Crippen molar-refractivity contribution in [3.8, 4) is 11.5 Å². The molecule has 0 aliphatic rings. The van der Waals surface area contributed by atoms with Gasteiger partial charge in [-0.1, -0.05) is 22.6 Å². The fourth-order valence-electron chi connectivity index (χ4n) is 2.36. The van der Waals surface area contributed by atoms with E-state index in [1.165, 1.54) is 29.2 Å². The van der Waals surface area contributed by atoms with Gasteiger partial charge in [0.1, 0.15) is 0 Å². The van der Waals surface area contributed by atoms with Crippen molar-refractivity contribution in [2.24, 2.45) is 0 Å². The van der Waals surface area contributed by atoms with Gasteiger partial charge < -0.3 is 8.94 Å². The summed E-state index contributed by atoms with van der Waals surface area (Å²) in [6, 6.07) is 9.08. The number of nitrogens with one attached hydrogen (secondary N) is 1. The highest BCUT2D eigenvalue weighted by Gasteiger charge is 2.17. The zero-order valence-electron chi connectivity index (χ0n) is 13.0. The van der Waals surface area contributed by atoms with E-state index in [0.29, 0.717) is 16.7 Å². The van der Waals surface area contributed by atoms with Crippen molar-refractivity contribution in [2.45, 2.75) is 13.8 Å². The minimum absolute atomic E-state index is 0.175. The first-order valence-corrected chi connectivity index (χ1v) is 8.12. The van der Waals surface area contributed by atoms with E-state index in [0.717, 1.165) is 15.8 Å². The molecule has 1 N–H and O–H groups in total. The highest BCUT2D eigenvalue weighted by Crippen LogP contribution is 2.30. The number of carbonyl (C=O) groups excluding carboxylic acids is 1. The summed E-state index contributed by atoms with van der Waals surface area (Å²) in [6.07, 6.45) is 1.53. The van der Waals surface area contributed by atoms with Crippen LogP contribution in [0.2, 0.25) is 0 Å². The minimum atomic E-state index is -0.370. The molecular formula is C17H13N3O3S. The second-order valence-electron chi connectivity index (χ2n) is 5.38. The van der Waals surface area contributed by atoms with Gasteiger partial charge in [0.25, 0.3) is 5.91 Å². The third-order valence-electron chi connectivity index (χ3n) is 3.81. The Morgan fingerprint density at radius 2 is 2.08 bits per heavy atom. The Labute approximate surface area is 141 Å². The van der Waals surface area contributed by atoms with Crippen molar-refractivity contribution in [2.75, 3.05) is 5.32 Å². The molecule has 120 valence electrons. The number of hydrogen-bond donors (Lipinski definition) is 1. The zero-order chi connectivity index (χ0) is 16.7. The van der Waals surface area contributed by atoms with Crippen LogP contribution < -0.4 is 5.32 Å². The molecule has 24 heavy (non-hydrogen) atoms. The van der Waals surface area contributed by atoms with E-state index in [9.17, 15) is 4.79 Å². The average Bonchev–Trinajstić information content (AvgIpc) is 3.29. The van der Waals surface area contributed by atoms with E-state index < -0.39 is 0 Å². The summed E-state index contributed by atoms with van der Waals surface area (Å²) in [5.74, 6) is 0.554. The molecule has 1 amide bonds. The van der Waals surface area contributed by atoms with E-state index in [2.05, 4.69) is 21.5 Å². The van der Waals surface area contributed by atoms with Crippen LogP contribution in [0.1, 0.15) is 21.6 Å². The molecule has 0 saturated carbocycles. The van der Waals surface area contributed by atoms with E-state index in [1.807, 2.05) is 19.9 Å². The van der Waals surface area contributed by atoms with Crippen LogP contribution in [0.25, 0.3) is 21.7 Å². The maximum absolute atomic E-state index is 12.3. The number of anilines is 1. The smallest absolute Gasteiger partial charge is 0.279 e. The first-order chi connectivity index (χ1) is 11.6. The number of rotatable bonds is 3. The van der Waals surface area contributed by atoms with Gasteiger partial charge in [-0.2, -0.15) is 0 Å². The molecule has 4 rings (SSSR count). The van der Waals surface area contributed by atoms with Crippen LogP contribution >= 0.6 is 11.3 Å². The number of nitrogens with zero attached hydrogens (tertiary/aromatic N) is 2. The highest BCUT2D eigenvalue weighted by molar-refractivity contribution is 7.22. The predicted molar refractivity (Wildman–Crippen MR) is 91.3 cm³/mol. The summed E-state index contributed by atoms with van der Waals surface area (Å²) in [5.41, 5.74) is 3.37. The van der Waals surface area contributed by atoms with E-state index in [4.69, 9.17) is 8.94 Å². The Morgan fingerprint density at radius 3 is 2.88 bits per heavy atom. The molecule has 3 aromatic heterocycles. The molecule has 0 unspecified atom stereocenters. The number of aryl methyl sites for hydroxylation is 2. The van der Waals surface area contributed by atoms with Gasteiger partial charge in [0.05, 0.1) is 16.5 Å². The van der Waals surface area contributed by atoms with Gasteiger partial charge in [0, 0.05) is 6.07 Å². The summed E-state index contributed by atoms with van der Waals surface area (Å²) >= 11 is 1.43. The highest BCUT2D eigenvalue weighted by atomic mass is 32.1. The van der Waals surface area contributed by atoms with Crippen LogP contribution in [0, 0.1) is 13.8 Å². The predicted octanol–water partition coefficient (Wildman–Crippen LogP) is 4.41. The third-order valence-corrected chi connectivity index (χ3v) is 4.75. The Morgan fingerprint density at radius 1 is 1.21 bits per heavy atom. The van der Waals surface area contributed by atoms with Gasteiger partial charge in [0.15, 0.2) is 16.6 Å². The van der Waals surface area contributed by atoms with Crippen LogP contribution in [-0.2, 0) is 0 Å². The fraction of sp³-hybridized carbons (Fsp3) is 0.118. The lowest BCUT2D eigenvalue weighted by atomic mass is 10.1. The molecule has 0 aliphatic heterocycles. The topological polar surface area (TPSA) is 81.2 Å². The molecule has 0 saturated heterocycles. The van der Waals surface area contributed by atoms with Crippen LogP contribution in [-0.4, -0.2) is 16.0 Å². The van der Waals surface area contributed by atoms with Gasteiger partial charge >= 0.3 is 0 Å². The largest absolute Gasteiger partial charge is 0.461 e. The van der Waals surface area contributed by atoms with Crippen LogP contribution in [0.3, 0.4) is 0 Å². The van der Waals surface area contributed by atoms with E-state index in [1.54, 1.807) is 12.1 Å². The third kappa shape index (κ3) is 2.48. The quantitative estimate of drug-likeness (QED) is 0.598. The number of furan rings is 1. The molecule has 0 radical (unpaired) electrons. The zero-order valence-corrected chi connectivity index (χ0v) is 13.8. The van der Waals surface area contributed by atoms with Crippen molar-refractivity contribution in [1.29, 1.82) is 0 Å². The van der Waals surface area contributed by atoms with Gasteiger partial charge in [-0.25, -0.2) is 4.98 Å². The molecule has 7 heteroatoms. The van der Waals surface area contributed by atoms with E-state index >= 15 is 0 Å². The SMILES string of the molecule is Cc1ccc2sc(NC(=O)c3cc(-c4ccco4)on3)nc2c1C. The number of aromatic nitrogens is 2. The molecule has 6 nitrogen and oxygen atoms in total. The number of benzene rings is 1. The molecule has 0 spiro atoms. The monoisotopic (exact) mass is 339 g/mol. The minimum Gasteiger partial charge on any atom is -0.461 e. The molecular weight excluding hydrogens is 326 g/mol. The number of hydrogen-bond acceptors (Lipinski definition) is 6. The van der Waals surface area contributed by atoms with Crippen molar-refractivity contribution in [1.82, 2.24) is 10.1 Å². The maximum atomic E-state index is 12.3. The van der Waals surface area contributed by atoms with Gasteiger partial charge in [-0.3, -0.25) is 10.1 Å². The van der Waals surface area contributed by atoms with Gasteiger partial charge in [-0.05, 0) is 43.2 Å². The summed E-state index contributed by atoms with van der Waals surface area (Å²) in [5, 5.41) is 7.09. The molecule has 0 aliphatic carbocycles. The lowest BCUT2D eigenvalue weighted by Crippen LogP contribution is -2.11. The second kappa shape index (κ2) is 5.61. The van der Waals surface area contributed by atoms with E-state index in [-0.39, 0.29) is 11.6 Å². The van der Waals surface area contributed by atoms with Crippen molar-refractivity contribution in [3.05, 3.63) is 53.4 Å². The van der Waals surface area contributed by atoms with Crippen molar-refractivity contribution in [3.63, 3.8) is 0 Å². The molecule has 0 fully saturated rings. The molecule has 1 aromatic carbocycles. The Hall–Kier alpha value is -2.93. The summed E-state index contributed by atoms with van der Waals surface area (Å²) < 4.78 is 11.4. The Kier molecular flexibility index (Phi) is 3.42. The average molecular weight is 339 g/mol. The Balaban J connectivity index is 1.59. The van der Waals surface area contributed by atoms with Crippen molar-refractivity contribution < 1.29 is 13.7 Å². The molecule has 0 atom stereocenters. The summed E-state index contributed by atoms with van der Waals surface area (Å²) in [6.45, 7) is 4.06. The lowest BCUT2D eigenvalue weighted by Gasteiger charge is -1.98. The van der Waals surface area contributed by atoms with Crippen LogP contribution in [0.4, 0.5) is 5.13 Å². The normalized spacial score (nSPS) is 11.1. The van der Waals surface area contributed by atoms with Crippen LogP contribution in [0.15, 0.2) is 45.5 Å². The first kappa shape index (κ1) is 14.6. The number of carbonyl (C=O) groups is 1. The van der Waals surface area contributed by atoms with Crippen LogP contribution in [0.5, 0.6) is 0 Å². The maximum Gasteiger partial charge on any atom is 0.279 e. The molecule has 4 aromatic rings. The van der Waals surface area contributed by atoms with Crippen molar-refractivity contribution >= 4 is 32.6 Å². The lowest BCUT2D eigenvalue weighted by molar-refractivity contribution is 0.101. The Bertz CT molecular complexity index is 1030. The van der Waals surface area contributed by atoms with Gasteiger partial charge in [-0.15, -0.1) is 0 Å². The fourth-order valence-corrected chi connectivity index (χ4v) is 3.28. The second-order valence-corrected chi connectivity index (χ2v) is 6.41. The summed E-state index contributed by atoms with van der Waals surface area (Å²) in [7, 11) is 0. The number of amides is 1. The number of fused-ring (bicyclic) bond motifs is 1. The standard InChI is InChI=1S/C17H13N3O3S/c1-9-5-6-14-15(10(9)2)18-17(24-14)19-16(21)11-8-13(23-20-11)12-4-3-7-22-12/h3-8H,1-2H3,(H,18,19,21). The van der Waals surface area contributed by atoms with Gasteiger partial charge in [0.2, 0.25) is 5.76 Å². The molecule has 3 heterocycles. The number of thiazole rings is 1. The summed E-state index contributed by atoms with van der Waals surface area (Å²) in [4.78, 5) is 16.8.